The average Bonchev–Trinajstić information content (AvgIpc) is 3.83. The highest BCUT2D eigenvalue weighted by Crippen LogP contribution is 2.41. The Kier molecular flexibility index (Phi) is 7.42. The summed E-state index contributed by atoms with van der Waals surface area (Å²) in [5, 5.41) is 4.46. The van der Waals surface area contributed by atoms with Gasteiger partial charge in [0.25, 0.3) is 0 Å². The minimum absolute atomic E-state index is 0.566. The molecule has 262 valence electrons. The molecule has 5 nitrogen and oxygen atoms in total. The van der Waals surface area contributed by atoms with Crippen molar-refractivity contribution in [1.82, 2.24) is 19.5 Å². The van der Waals surface area contributed by atoms with Gasteiger partial charge in [0.1, 0.15) is 11.2 Å². The molecule has 0 fully saturated rings. The van der Waals surface area contributed by atoms with Crippen LogP contribution in [0.25, 0.3) is 106 Å². The SMILES string of the molecule is c1ccc(-c2ccc(-c3nc(-c4cccc(-c5cccc6oc7c(-c8ccccc8)cccc7c56)c4)nc(-n4c5ccccc5c5ccccc54)n3)cc2)cc1. The molecule has 0 amide bonds. The van der Waals surface area contributed by atoms with Crippen LogP contribution in [-0.2, 0) is 0 Å². The highest BCUT2D eigenvalue weighted by atomic mass is 16.3. The molecule has 0 radical (unpaired) electrons. The van der Waals surface area contributed by atoms with Crippen molar-refractivity contribution >= 4 is 43.7 Å². The number of fused-ring (bicyclic) bond motifs is 6. The Bertz CT molecular complexity index is 3180. The van der Waals surface area contributed by atoms with Crippen LogP contribution < -0.4 is 0 Å². The fourth-order valence-electron chi connectivity index (χ4n) is 8.06. The summed E-state index contributed by atoms with van der Waals surface area (Å²) in [6.45, 7) is 0. The molecular weight excluding hydrogens is 685 g/mol. The molecule has 0 unspecified atom stereocenters. The van der Waals surface area contributed by atoms with Crippen LogP contribution in [0.5, 0.6) is 0 Å². The third kappa shape index (κ3) is 5.29. The van der Waals surface area contributed by atoms with Gasteiger partial charge in [0, 0.05) is 38.2 Å². The highest BCUT2D eigenvalue weighted by Gasteiger charge is 2.20. The van der Waals surface area contributed by atoms with Crippen LogP contribution in [0.2, 0.25) is 0 Å². The zero-order valence-electron chi connectivity index (χ0n) is 30.2. The lowest BCUT2D eigenvalue weighted by Gasteiger charge is -2.12. The lowest BCUT2D eigenvalue weighted by Crippen LogP contribution is -2.06. The number of aromatic nitrogens is 4. The summed E-state index contributed by atoms with van der Waals surface area (Å²) in [5.41, 5.74) is 12.2. The maximum Gasteiger partial charge on any atom is 0.238 e. The van der Waals surface area contributed by atoms with E-state index in [4.69, 9.17) is 19.4 Å². The van der Waals surface area contributed by atoms with Gasteiger partial charge in [-0.15, -0.1) is 0 Å². The Balaban J connectivity index is 1.10. The first-order valence-corrected chi connectivity index (χ1v) is 18.8. The Hall–Kier alpha value is -7.63. The van der Waals surface area contributed by atoms with Crippen molar-refractivity contribution < 1.29 is 4.42 Å². The molecule has 0 spiro atoms. The second kappa shape index (κ2) is 13.0. The molecule has 8 aromatic carbocycles. The normalized spacial score (nSPS) is 11.6. The molecule has 0 aliphatic heterocycles. The first kappa shape index (κ1) is 31.9. The van der Waals surface area contributed by atoms with Gasteiger partial charge in [-0.2, -0.15) is 9.97 Å². The first-order valence-electron chi connectivity index (χ1n) is 18.8. The molecule has 0 N–H and O–H groups in total. The lowest BCUT2D eigenvalue weighted by atomic mass is 9.96. The second-order valence-corrected chi connectivity index (χ2v) is 14.0. The third-order valence-corrected chi connectivity index (χ3v) is 10.7. The molecule has 0 aliphatic carbocycles. The van der Waals surface area contributed by atoms with E-state index in [1.54, 1.807) is 0 Å². The predicted molar refractivity (Wildman–Crippen MR) is 229 cm³/mol. The summed E-state index contributed by atoms with van der Waals surface area (Å²) >= 11 is 0. The van der Waals surface area contributed by atoms with Crippen LogP contribution in [0.1, 0.15) is 0 Å². The average molecular weight is 717 g/mol. The third-order valence-electron chi connectivity index (χ3n) is 10.7. The molecule has 11 rings (SSSR count). The summed E-state index contributed by atoms with van der Waals surface area (Å²) in [4.78, 5) is 15.6. The van der Waals surface area contributed by atoms with E-state index in [0.29, 0.717) is 17.6 Å². The quantitative estimate of drug-likeness (QED) is 0.172. The molecular formula is C51H32N4O. The first-order chi connectivity index (χ1) is 27.8. The number of rotatable bonds is 6. The van der Waals surface area contributed by atoms with Gasteiger partial charge < -0.3 is 4.42 Å². The number of para-hydroxylation sites is 3. The van der Waals surface area contributed by atoms with Gasteiger partial charge in [-0.05, 0) is 52.1 Å². The van der Waals surface area contributed by atoms with Crippen molar-refractivity contribution in [2.45, 2.75) is 0 Å². The Labute approximate surface area is 322 Å². The highest BCUT2D eigenvalue weighted by molar-refractivity contribution is 6.15. The smallest absolute Gasteiger partial charge is 0.238 e. The van der Waals surface area contributed by atoms with Crippen molar-refractivity contribution in [1.29, 1.82) is 0 Å². The minimum atomic E-state index is 0.566. The van der Waals surface area contributed by atoms with E-state index < -0.39 is 0 Å². The summed E-state index contributed by atoms with van der Waals surface area (Å²) in [6.07, 6.45) is 0. The van der Waals surface area contributed by atoms with Gasteiger partial charge >= 0.3 is 0 Å². The topological polar surface area (TPSA) is 56.7 Å². The molecule has 0 aliphatic rings. The molecule has 5 heteroatoms. The van der Waals surface area contributed by atoms with Crippen molar-refractivity contribution in [3.63, 3.8) is 0 Å². The van der Waals surface area contributed by atoms with Crippen molar-refractivity contribution in [2.24, 2.45) is 0 Å². The minimum Gasteiger partial charge on any atom is -0.455 e. The lowest BCUT2D eigenvalue weighted by molar-refractivity contribution is 0.670. The van der Waals surface area contributed by atoms with Crippen molar-refractivity contribution in [2.75, 3.05) is 0 Å². The van der Waals surface area contributed by atoms with Crippen LogP contribution in [-0.4, -0.2) is 19.5 Å². The summed E-state index contributed by atoms with van der Waals surface area (Å²) in [5.74, 6) is 1.76. The molecule has 0 saturated carbocycles. The van der Waals surface area contributed by atoms with Crippen molar-refractivity contribution in [3.8, 4) is 62.1 Å². The molecule has 0 saturated heterocycles. The number of hydrogen-bond donors (Lipinski definition) is 0. The number of nitrogens with zero attached hydrogens (tertiary/aromatic N) is 4. The molecule has 11 aromatic rings. The molecule has 3 aromatic heterocycles. The molecule has 3 heterocycles. The fourth-order valence-corrected chi connectivity index (χ4v) is 8.06. The Morgan fingerprint density at radius 1 is 0.357 bits per heavy atom. The zero-order valence-corrected chi connectivity index (χ0v) is 30.2. The second-order valence-electron chi connectivity index (χ2n) is 14.0. The Morgan fingerprint density at radius 2 is 0.875 bits per heavy atom. The molecule has 56 heavy (non-hydrogen) atoms. The van der Waals surface area contributed by atoms with E-state index in [9.17, 15) is 0 Å². The van der Waals surface area contributed by atoms with Crippen LogP contribution in [0.15, 0.2) is 199 Å². The number of hydrogen-bond acceptors (Lipinski definition) is 4. The largest absolute Gasteiger partial charge is 0.455 e. The molecule has 0 atom stereocenters. The van der Waals surface area contributed by atoms with Gasteiger partial charge in [0.2, 0.25) is 5.95 Å². The van der Waals surface area contributed by atoms with E-state index in [2.05, 4.69) is 187 Å². The van der Waals surface area contributed by atoms with Crippen LogP contribution >= 0.6 is 0 Å². The standard InChI is InChI=1S/C51H32N4O/c1-3-14-33(15-4-1)34-28-30-36(31-29-34)49-52-50(54-51(53-49)55-44-25-9-7-20-41(44)42-21-8-10-26-45(42)55)38-19-11-18-37(32-38)39-22-13-27-46-47(39)43-24-12-23-40(48(43)56-46)35-16-5-2-6-17-35/h1-32H. The van der Waals surface area contributed by atoms with Gasteiger partial charge in [-0.1, -0.05) is 170 Å². The number of benzene rings is 8. The summed E-state index contributed by atoms with van der Waals surface area (Å²) in [7, 11) is 0. The predicted octanol–water partition coefficient (Wildman–Crippen LogP) is 13.2. The molecule has 0 bridgehead atoms. The van der Waals surface area contributed by atoms with E-state index in [-0.39, 0.29) is 0 Å². The van der Waals surface area contributed by atoms with E-state index in [1.165, 1.54) is 0 Å². The van der Waals surface area contributed by atoms with Crippen LogP contribution in [0.4, 0.5) is 0 Å². The van der Waals surface area contributed by atoms with E-state index in [1.807, 2.05) is 12.1 Å². The van der Waals surface area contributed by atoms with Crippen LogP contribution in [0.3, 0.4) is 0 Å². The van der Waals surface area contributed by atoms with Gasteiger partial charge in [-0.3, -0.25) is 4.57 Å². The fraction of sp³-hybridized carbons (Fsp3) is 0. The van der Waals surface area contributed by atoms with E-state index in [0.717, 1.165) is 88.3 Å². The maximum atomic E-state index is 6.61. The van der Waals surface area contributed by atoms with Gasteiger partial charge in [0.05, 0.1) is 11.0 Å². The van der Waals surface area contributed by atoms with Gasteiger partial charge in [0.15, 0.2) is 11.6 Å². The monoisotopic (exact) mass is 716 g/mol. The van der Waals surface area contributed by atoms with Gasteiger partial charge in [-0.25, -0.2) is 4.98 Å². The maximum absolute atomic E-state index is 6.61. The van der Waals surface area contributed by atoms with E-state index >= 15 is 0 Å². The summed E-state index contributed by atoms with van der Waals surface area (Å²) in [6, 6.07) is 67.3. The summed E-state index contributed by atoms with van der Waals surface area (Å²) < 4.78 is 8.76. The zero-order chi connectivity index (χ0) is 37.0. The van der Waals surface area contributed by atoms with Crippen LogP contribution in [0, 0.1) is 0 Å². The Morgan fingerprint density at radius 3 is 1.61 bits per heavy atom. The van der Waals surface area contributed by atoms with Crippen molar-refractivity contribution in [3.05, 3.63) is 194 Å². The number of furan rings is 1.